The second-order valence-electron chi connectivity index (χ2n) is 3.99. The Kier molecular flexibility index (Phi) is 5.09. The van der Waals surface area contributed by atoms with Crippen LogP contribution in [0.25, 0.3) is 0 Å². The van der Waals surface area contributed by atoms with Gasteiger partial charge in [0.15, 0.2) is 0 Å². The number of hydrogen-bond donors (Lipinski definition) is 1. The molecule has 1 fully saturated rings. The van der Waals surface area contributed by atoms with E-state index in [0.717, 1.165) is 0 Å². The van der Waals surface area contributed by atoms with E-state index < -0.39 is 11.3 Å². The van der Waals surface area contributed by atoms with Gasteiger partial charge in [-0.25, -0.2) is 4.39 Å². The van der Waals surface area contributed by atoms with E-state index >= 15 is 0 Å². The molecule has 0 saturated carbocycles. The van der Waals surface area contributed by atoms with E-state index in [-0.39, 0.29) is 0 Å². The average Bonchev–Trinajstić information content (AvgIpc) is 2.05. The van der Waals surface area contributed by atoms with Crippen LogP contribution in [0.2, 0.25) is 0 Å². The summed E-state index contributed by atoms with van der Waals surface area (Å²) < 4.78 is 13.3. The quantitative estimate of drug-likeness (QED) is 0.652. The number of halogens is 1. The van der Waals surface area contributed by atoms with Gasteiger partial charge in [-0.2, -0.15) is 0 Å². The van der Waals surface area contributed by atoms with E-state index in [2.05, 4.69) is 0 Å². The maximum atomic E-state index is 13.3. The molecule has 4 heteroatoms. The second kappa shape index (κ2) is 5.12. The third kappa shape index (κ3) is 4.42. The highest BCUT2D eigenvalue weighted by molar-refractivity contribution is 6.13. The van der Waals surface area contributed by atoms with Crippen molar-refractivity contribution in [2.45, 2.75) is 51.8 Å². The summed E-state index contributed by atoms with van der Waals surface area (Å²) in [5, 5.41) is 9.39. The van der Waals surface area contributed by atoms with Crippen LogP contribution in [0.4, 0.5) is 4.39 Å². The largest absolute Gasteiger partial charge is 0.385 e. The van der Waals surface area contributed by atoms with Crippen molar-refractivity contribution in [3.63, 3.8) is 0 Å². The van der Waals surface area contributed by atoms with Crippen LogP contribution in [-0.2, 0) is 0 Å². The molecule has 0 aromatic rings. The van der Waals surface area contributed by atoms with Gasteiger partial charge in [-0.15, -0.1) is 0 Å². The lowest BCUT2D eigenvalue weighted by atomic mass is 9.86. The fraction of sp³-hybridized carbons (Fsp3) is 1.00. The lowest BCUT2D eigenvalue weighted by molar-refractivity contribution is -0.0585. The minimum atomic E-state index is -1.30. The van der Waals surface area contributed by atoms with E-state index in [1.54, 1.807) is 11.8 Å². The molecule has 1 unspecified atom stereocenters. The van der Waals surface area contributed by atoms with Crippen molar-refractivity contribution in [2.24, 2.45) is 0 Å². The van der Waals surface area contributed by atoms with E-state index in [0.29, 0.717) is 25.9 Å². The summed E-state index contributed by atoms with van der Waals surface area (Å²) in [6.07, 6.45) is 0.890. The second-order valence-corrected chi connectivity index (χ2v) is 3.99. The SMILES string of the molecule is CC.[B]C(C)(O)N1CCC(C)(F)CC1. The molecule has 0 aliphatic carbocycles. The molecule has 2 nitrogen and oxygen atoms in total. The maximum absolute atomic E-state index is 13.3. The Bertz CT molecular complexity index is 158. The molecule has 1 atom stereocenters. The standard InChI is InChI=1S/C8H15BFNO.C2H6/c1-7(10)3-5-11(6-4-7)8(2,9)12;1-2/h12H,3-6H2,1-2H3;1-2H3. The topological polar surface area (TPSA) is 23.5 Å². The molecule has 0 aromatic heterocycles. The van der Waals surface area contributed by atoms with Gasteiger partial charge in [0.2, 0.25) is 0 Å². The van der Waals surface area contributed by atoms with Crippen molar-refractivity contribution >= 4 is 7.85 Å². The van der Waals surface area contributed by atoms with Gasteiger partial charge in [-0.3, -0.25) is 4.90 Å². The number of nitrogens with zero attached hydrogens (tertiary/aromatic N) is 1. The number of likely N-dealkylation sites (tertiary alicyclic amines) is 1. The van der Waals surface area contributed by atoms with E-state index in [1.807, 2.05) is 13.8 Å². The van der Waals surface area contributed by atoms with Crippen LogP contribution in [0.15, 0.2) is 0 Å². The van der Waals surface area contributed by atoms with Gasteiger partial charge in [0, 0.05) is 13.1 Å². The molecule has 1 saturated heterocycles. The number of aliphatic hydroxyl groups is 1. The maximum Gasteiger partial charge on any atom is 0.135 e. The van der Waals surface area contributed by atoms with Crippen molar-refractivity contribution < 1.29 is 9.50 Å². The van der Waals surface area contributed by atoms with Gasteiger partial charge in [0.05, 0.1) is 5.62 Å². The molecule has 1 rings (SSSR count). The minimum absolute atomic E-state index is 0.445. The van der Waals surface area contributed by atoms with Crippen LogP contribution >= 0.6 is 0 Å². The molecular formula is C10H21BFNO. The van der Waals surface area contributed by atoms with Gasteiger partial charge in [0.25, 0.3) is 0 Å². The highest BCUT2D eigenvalue weighted by Crippen LogP contribution is 2.27. The molecule has 1 aliphatic heterocycles. The van der Waals surface area contributed by atoms with Crippen LogP contribution in [0.3, 0.4) is 0 Å². The fourth-order valence-corrected chi connectivity index (χ4v) is 1.43. The molecule has 1 heterocycles. The van der Waals surface area contributed by atoms with E-state index in [4.69, 9.17) is 7.85 Å². The zero-order valence-corrected chi connectivity index (χ0v) is 9.68. The first kappa shape index (κ1) is 13.9. The number of rotatable bonds is 1. The first-order valence-electron chi connectivity index (χ1n) is 5.26. The van der Waals surface area contributed by atoms with Crippen molar-refractivity contribution in [3.05, 3.63) is 0 Å². The third-order valence-corrected chi connectivity index (χ3v) is 2.45. The predicted octanol–water partition coefficient (Wildman–Crippen LogP) is 1.67. The highest BCUT2D eigenvalue weighted by atomic mass is 19.1. The molecule has 0 aromatic carbocycles. The lowest BCUT2D eigenvalue weighted by Crippen LogP contribution is -2.52. The number of hydrogen-bond acceptors (Lipinski definition) is 2. The lowest BCUT2D eigenvalue weighted by Gasteiger charge is -2.41. The van der Waals surface area contributed by atoms with Crippen molar-refractivity contribution in [1.82, 2.24) is 4.90 Å². The Morgan fingerprint density at radius 2 is 1.71 bits per heavy atom. The predicted molar refractivity (Wildman–Crippen MR) is 58.0 cm³/mol. The Labute approximate surface area is 87.9 Å². The summed E-state index contributed by atoms with van der Waals surface area (Å²) in [7, 11) is 5.46. The molecule has 0 bridgehead atoms. The van der Waals surface area contributed by atoms with Crippen LogP contribution in [0.1, 0.15) is 40.5 Å². The van der Waals surface area contributed by atoms with Crippen molar-refractivity contribution in [2.75, 3.05) is 13.1 Å². The summed E-state index contributed by atoms with van der Waals surface area (Å²) in [4.78, 5) is 1.69. The molecular weight excluding hydrogens is 180 g/mol. The molecule has 2 radical (unpaired) electrons. The number of piperidine rings is 1. The van der Waals surface area contributed by atoms with Gasteiger partial charge < -0.3 is 5.11 Å². The Hall–Kier alpha value is -0.0851. The molecule has 1 N–H and O–H groups in total. The Morgan fingerprint density at radius 3 is 2.00 bits per heavy atom. The summed E-state index contributed by atoms with van der Waals surface area (Å²) in [6.45, 7) is 8.16. The average molecular weight is 201 g/mol. The Morgan fingerprint density at radius 1 is 1.36 bits per heavy atom. The van der Waals surface area contributed by atoms with Crippen molar-refractivity contribution in [3.8, 4) is 0 Å². The van der Waals surface area contributed by atoms with Crippen LogP contribution in [-0.4, -0.2) is 42.2 Å². The van der Waals surface area contributed by atoms with Crippen molar-refractivity contribution in [1.29, 1.82) is 0 Å². The summed E-state index contributed by atoms with van der Waals surface area (Å²) in [5.41, 5.74) is -2.38. The molecule has 1 aliphatic rings. The summed E-state index contributed by atoms with van der Waals surface area (Å²) >= 11 is 0. The summed E-state index contributed by atoms with van der Waals surface area (Å²) in [5.74, 6) is 0. The van der Waals surface area contributed by atoms with Gasteiger partial charge >= 0.3 is 0 Å². The van der Waals surface area contributed by atoms with Crippen LogP contribution < -0.4 is 0 Å². The highest BCUT2D eigenvalue weighted by Gasteiger charge is 2.34. The molecule has 0 spiro atoms. The molecule has 14 heavy (non-hydrogen) atoms. The van der Waals surface area contributed by atoms with Crippen LogP contribution in [0, 0.1) is 0 Å². The monoisotopic (exact) mass is 201 g/mol. The van der Waals surface area contributed by atoms with E-state index in [9.17, 15) is 9.50 Å². The first-order chi connectivity index (χ1) is 6.31. The fourth-order valence-electron chi connectivity index (χ4n) is 1.43. The number of alkyl halides is 1. The minimum Gasteiger partial charge on any atom is -0.385 e. The third-order valence-electron chi connectivity index (χ3n) is 2.45. The van der Waals surface area contributed by atoms with E-state index in [1.165, 1.54) is 6.92 Å². The zero-order valence-electron chi connectivity index (χ0n) is 9.68. The normalized spacial score (nSPS) is 25.9. The summed E-state index contributed by atoms with van der Waals surface area (Å²) in [6, 6.07) is 0. The Balaban J connectivity index is 0.000000791. The first-order valence-corrected chi connectivity index (χ1v) is 5.26. The van der Waals surface area contributed by atoms with Gasteiger partial charge in [-0.1, -0.05) is 13.8 Å². The zero-order chi connectivity index (χ0) is 11.4. The van der Waals surface area contributed by atoms with Crippen LogP contribution in [0.5, 0.6) is 0 Å². The van der Waals surface area contributed by atoms with Gasteiger partial charge in [0.1, 0.15) is 13.5 Å². The smallest absolute Gasteiger partial charge is 0.135 e. The molecule has 0 amide bonds. The molecule has 82 valence electrons. The van der Waals surface area contributed by atoms with Gasteiger partial charge in [-0.05, 0) is 26.7 Å².